The van der Waals surface area contributed by atoms with Crippen LogP contribution in [0.25, 0.3) is 0 Å². The fourth-order valence-electron chi connectivity index (χ4n) is 1.18. The molecule has 2 atom stereocenters. The average Bonchev–Trinajstić information content (AvgIpc) is 1.85. The molecule has 0 aromatic rings. The highest BCUT2D eigenvalue weighted by atomic mass is 32.2. The Morgan fingerprint density at radius 2 is 1.73 bits per heavy atom. The van der Waals surface area contributed by atoms with Crippen LogP contribution in [-0.4, -0.2) is 14.2 Å². The van der Waals surface area contributed by atoms with Gasteiger partial charge in [-0.25, -0.2) is 8.42 Å². The molecule has 0 heterocycles. The highest BCUT2D eigenvalue weighted by Crippen LogP contribution is 2.14. The van der Waals surface area contributed by atoms with Crippen molar-refractivity contribution in [1.82, 2.24) is 0 Å². The number of thiol groups is 1. The van der Waals surface area contributed by atoms with E-state index in [4.69, 9.17) is 0 Å². The van der Waals surface area contributed by atoms with Crippen LogP contribution in [0.4, 0.5) is 0 Å². The quantitative estimate of drug-likeness (QED) is 0.650. The molecule has 0 fully saturated rings. The van der Waals surface area contributed by atoms with Crippen molar-refractivity contribution in [3.05, 3.63) is 0 Å². The van der Waals surface area contributed by atoms with Gasteiger partial charge in [0.15, 0.2) is 0 Å². The van der Waals surface area contributed by atoms with E-state index in [2.05, 4.69) is 13.8 Å². The third-order valence-corrected chi connectivity index (χ3v) is 2.88. The van der Waals surface area contributed by atoms with Gasteiger partial charge in [-0.1, -0.05) is 27.2 Å². The number of hydrogen-bond donors (Lipinski definition) is 1. The van der Waals surface area contributed by atoms with E-state index in [0.29, 0.717) is 17.6 Å². The van der Waals surface area contributed by atoms with Crippen LogP contribution < -0.4 is 0 Å². The Labute approximate surface area is 71.0 Å². The molecule has 0 aliphatic rings. The first kappa shape index (κ1) is 11.0. The minimum Gasteiger partial charge on any atom is -0.232 e. The lowest BCUT2D eigenvalue weighted by molar-refractivity contribution is 0.429. The summed E-state index contributed by atoms with van der Waals surface area (Å²) in [4.78, 5) is 0. The second kappa shape index (κ2) is 5.58. The fourth-order valence-corrected chi connectivity index (χ4v) is 1.84. The molecule has 0 aromatic heterocycles. The zero-order valence-electron chi connectivity index (χ0n) is 7.54. The molecule has 0 bridgehead atoms. The Bertz CT molecular complexity index is 155. The van der Waals surface area contributed by atoms with Crippen LogP contribution >= 0.6 is 0 Å². The molecule has 68 valence electrons. The largest absolute Gasteiger partial charge is 0.232 e. The molecule has 0 N–H and O–H groups in total. The average molecular weight is 178 g/mol. The van der Waals surface area contributed by atoms with E-state index < -0.39 is 10.7 Å². The molecule has 0 saturated heterocycles. The maximum absolute atomic E-state index is 10.3. The molecule has 3 heteroatoms. The van der Waals surface area contributed by atoms with Gasteiger partial charge in [-0.2, -0.15) is 0 Å². The summed E-state index contributed by atoms with van der Waals surface area (Å²) < 4.78 is 20.6. The van der Waals surface area contributed by atoms with E-state index in [1.165, 1.54) is 0 Å². The zero-order chi connectivity index (χ0) is 8.85. The zero-order valence-corrected chi connectivity index (χ0v) is 8.43. The van der Waals surface area contributed by atoms with E-state index >= 15 is 0 Å². The van der Waals surface area contributed by atoms with Crippen molar-refractivity contribution in [3.63, 3.8) is 0 Å². The summed E-state index contributed by atoms with van der Waals surface area (Å²) in [6.07, 6.45) is 2.17. The highest BCUT2D eigenvalue weighted by Gasteiger charge is 2.07. The van der Waals surface area contributed by atoms with E-state index in [1.54, 1.807) is 0 Å². The Morgan fingerprint density at radius 3 is 2.09 bits per heavy atom. The van der Waals surface area contributed by atoms with E-state index in [9.17, 15) is 8.42 Å². The van der Waals surface area contributed by atoms with E-state index in [0.717, 1.165) is 12.8 Å². The first-order valence-corrected chi connectivity index (χ1v) is 5.54. The van der Waals surface area contributed by atoms with Crippen LogP contribution in [0, 0.1) is 11.8 Å². The van der Waals surface area contributed by atoms with Gasteiger partial charge in [0.1, 0.15) is 10.7 Å². The molecule has 0 saturated carbocycles. The summed E-state index contributed by atoms with van der Waals surface area (Å²) in [6, 6.07) is 0. The van der Waals surface area contributed by atoms with Gasteiger partial charge < -0.3 is 0 Å². The third kappa shape index (κ3) is 6.35. The standard InChI is InChI=1S/C8H18O2S/c1-4-7(2)5-8(3)6-11(9)10/h7-8,11H,4-6H2,1-3H3. The highest BCUT2D eigenvalue weighted by molar-refractivity contribution is 7.72. The van der Waals surface area contributed by atoms with E-state index in [1.807, 2.05) is 6.92 Å². The van der Waals surface area contributed by atoms with Crippen LogP contribution in [0.5, 0.6) is 0 Å². The van der Waals surface area contributed by atoms with Gasteiger partial charge in [0, 0.05) is 0 Å². The molecule has 0 spiro atoms. The van der Waals surface area contributed by atoms with Crippen molar-refractivity contribution < 1.29 is 8.42 Å². The smallest absolute Gasteiger partial charge is 0.140 e. The molecule has 11 heavy (non-hydrogen) atoms. The van der Waals surface area contributed by atoms with Crippen LogP contribution in [0.2, 0.25) is 0 Å². The van der Waals surface area contributed by atoms with Crippen molar-refractivity contribution >= 4 is 10.7 Å². The Morgan fingerprint density at radius 1 is 1.18 bits per heavy atom. The first-order valence-electron chi connectivity index (χ1n) is 4.18. The van der Waals surface area contributed by atoms with Gasteiger partial charge in [0.05, 0.1) is 5.75 Å². The molecule has 2 unspecified atom stereocenters. The predicted molar refractivity (Wildman–Crippen MR) is 48.4 cm³/mol. The lowest BCUT2D eigenvalue weighted by atomic mass is 9.97. The van der Waals surface area contributed by atoms with Crippen molar-refractivity contribution in [2.75, 3.05) is 5.75 Å². The van der Waals surface area contributed by atoms with Crippen molar-refractivity contribution in [3.8, 4) is 0 Å². The lowest BCUT2D eigenvalue weighted by Gasteiger charge is -2.12. The van der Waals surface area contributed by atoms with Crippen LogP contribution in [0.15, 0.2) is 0 Å². The Hall–Kier alpha value is -0.0500. The maximum atomic E-state index is 10.3. The molecular formula is C8H18O2S. The van der Waals surface area contributed by atoms with Crippen LogP contribution in [0.3, 0.4) is 0 Å². The predicted octanol–water partition coefficient (Wildman–Crippen LogP) is 1.67. The lowest BCUT2D eigenvalue weighted by Crippen LogP contribution is -2.07. The summed E-state index contributed by atoms with van der Waals surface area (Å²) in [6.45, 7) is 6.29. The second-order valence-corrected chi connectivity index (χ2v) is 4.40. The van der Waals surface area contributed by atoms with Crippen LogP contribution in [0.1, 0.15) is 33.6 Å². The number of rotatable bonds is 5. The van der Waals surface area contributed by atoms with Gasteiger partial charge in [-0.15, -0.1) is 0 Å². The molecule has 2 nitrogen and oxygen atoms in total. The monoisotopic (exact) mass is 178 g/mol. The van der Waals surface area contributed by atoms with E-state index in [-0.39, 0.29) is 0 Å². The van der Waals surface area contributed by atoms with Crippen molar-refractivity contribution in [2.24, 2.45) is 11.8 Å². The van der Waals surface area contributed by atoms with Crippen molar-refractivity contribution in [2.45, 2.75) is 33.6 Å². The topological polar surface area (TPSA) is 34.1 Å². The molecule has 0 aliphatic heterocycles. The Balaban J connectivity index is 3.59. The summed E-state index contributed by atoms with van der Waals surface area (Å²) in [5, 5.41) is 0. The van der Waals surface area contributed by atoms with Crippen LogP contribution in [-0.2, 0) is 10.7 Å². The van der Waals surface area contributed by atoms with Crippen molar-refractivity contribution in [1.29, 1.82) is 0 Å². The normalized spacial score (nSPS) is 16.7. The summed E-state index contributed by atoms with van der Waals surface area (Å²) in [5.41, 5.74) is 0. The molecule has 0 radical (unpaired) electrons. The summed E-state index contributed by atoms with van der Waals surface area (Å²) >= 11 is 0. The van der Waals surface area contributed by atoms with Gasteiger partial charge in [0.2, 0.25) is 0 Å². The van der Waals surface area contributed by atoms with Gasteiger partial charge in [0.25, 0.3) is 0 Å². The number of hydrogen-bond acceptors (Lipinski definition) is 2. The van der Waals surface area contributed by atoms with Gasteiger partial charge >= 0.3 is 0 Å². The molecule has 0 aromatic carbocycles. The minimum atomic E-state index is -2.18. The summed E-state index contributed by atoms with van der Waals surface area (Å²) in [5.74, 6) is 1.32. The minimum absolute atomic E-state index is 0.325. The SMILES string of the molecule is CCC(C)CC(C)C[SH](=O)=O. The Kier molecular flexibility index (Phi) is 5.56. The molecule has 0 amide bonds. The molecule has 0 rings (SSSR count). The first-order chi connectivity index (χ1) is 5.06. The summed E-state index contributed by atoms with van der Waals surface area (Å²) in [7, 11) is -2.18. The second-order valence-electron chi connectivity index (χ2n) is 3.37. The molecular weight excluding hydrogens is 160 g/mol. The fraction of sp³-hybridized carbons (Fsp3) is 1.00. The third-order valence-electron chi connectivity index (χ3n) is 1.96. The molecule has 0 aliphatic carbocycles. The van der Waals surface area contributed by atoms with Gasteiger partial charge in [-0.3, -0.25) is 0 Å². The van der Waals surface area contributed by atoms with Gasteiger partial charge in [-0.05, 0) is 18.3 Å². The maximum Gasteiger partial charge on any atom is 0.140 e.